The molecule has 3 amide bonds. The van der Waals surface area contributed by atoms with Gasteiger partial charge < -0.3 is 15.1 Å². The van der Waals surface area contributed by atoms with Crippen molar-refractivity contribution in [2.75, 3.05) is 25.5 Å². The Morgan fingerprint density at radius 1 is 1.16 bits per heavy atom. The molecule has 0 unspecified atom stereocenters. The van der Waals surface area contributed by atoms with Crippen molar-refractivity contribution in [1.82, 2.24) is 30.0 Å². The van der Waals surface area contributed by atoms with Crippen LogP contribution >= 0.6 is 11.3 Å². The van der Waals surface area contributed by atoms with Crippen LogP contribution in [-0.4, -0.2) is 67.8 Å². The third kappa shape index (κ3) is 4.51. The topological polar surface area (TPSA) is 124 Å². The van der Waals surface area contributed by atoms with Crippen molar-refractivity contribution in [3.8, 4) is 0 Å². The molecule has 0 saturated carbocycles. The van der Waals surface area contributed by atoms with E-state index in [9.17, 15) is 14.4 Å². The van der Waals surface area contributed by atoms with Crippen molar-refractivity contribution in [2.45, 2.75) is 44.6 Å². The highest BCUT2D eigenvalue weighted by Crippen LogP contribution is 2.38. The Hall–Kier alpha value is -3.86. The lowest BCUT2D eigenvalue weighted by atomic mass is 9.89. The lowest BCUT2D eigenvalue weighted by molar-refractivity contribution is -0.146. The van der Waals surface area contributed by atoms with Gasteiger partial charge in [-0.05, 0) is 42.9 Å². The number of likely N-dealkylation sites (tertiary alicyclic amines) is 2. The average Bonchev–Trinajstić information content (AvgIpc) is 3.57. The first-order chi connectivity index (χ1) is 18.4. The minimum atomic E-state index is -0.697. The van der Waals surface area contributed by atoms with Crippen LogP contribution in [0.5, 0.6) is 0 Å². The number of fused-ring (bicyclic) bond motifs is 2. The van der Waals surface area contributed by atoms with E-state index in [2.05, 4.69) is 27.4 Å². The van der Waals surface area contributed by atoms with E-state index in [-0.39, 0.29) is 23.8 Å². The number of anilines is 1. The molecule has 0 aliphatic carbocycles. The maximum absolute atomic E-state index is 13.5. The molecule has 0 radical (unpaired) electrons. The fourth-order valence-corrected chi connectivity index (χ4v) is 6.57. The lowest BCUT2D eigenvalue weighted by Crippen LogP contribution is -2.46. The van der Waals surface area contributed by atoms with E-state index in [0.717, 1.165) is 52.0 Å². The Morgan fingerprint density at radius 2 is 2.03 bits per heavy atom. The number of piperidine rings is 2. The summed E-state index contributed by atoms with van der Waals surface area (Å²) in [6.45, 7) is 3.35. The number of hydrogen-bond donors (Lipinski definition) is 2. The highest BCUT2D eigenvalue weighted by Gasteiger charge is 2.35. The van der Waals surface area contributed by atoms with Crippen LogP contribution in [-0.2, 0) is 14.4 Å². The second kappa shape index (κ2) is 9.79. The van der Waals surface area contributed by atoms with Gasteiger partial charge in [-0.1, -0.05) is 13.0 Å². The first-order valence-corrected chi connectivity index (χ1v) is 13.7. The number of aromatic amines is 1. The molecule has 3 aromatic heterocycles. The third-order valence-corrected chi connectivity index (χ3v) is 8.90. The molecule has 2 fully saturated rings. The molecule has 2 aliphatic rings. The highest BCUT2D eigenvalue weighted by molar-refractivity contribution is 7.18. The number of rotatable bonds is 3. The summed E-state index contributed by atoms with van der Waals surface area (Å²) in [4.78, 5) is 51.3. The van der Waals surface area contributed by atoms with E-state index < -0.39 is 11.8 Å². The standard InChI is InChI=1S/C27H29N7O3S/c1-15-3-5-21(34(14-15)27(37)25(36)30-20-13-28-11-18-12-29-32-24(18)20)16-4-6-22-19(9-16)31-26(38-22)17-7-8-33(2)23(35)10-17/h4,6,9,11-13,15,17,21H,3,5,7-8,10,14H2,1-2H3,(H,29,32)(H,30,36)/t15-,17+,21+/m0/s1. The summed E-state index contributed by atoms with van der Waals surface area (Å²) in [7, 11) is 1.84. The molecule has 38 heavy (non-hydrogen) atoms. The second-order valence-corrected chi connectivity index (χ2v) is 11.5. The molecule has 2 saturated heterocycles. The minimum Gasteiger partial charge on any atom is -0.346 e. The summed E-state index contributed by atoms with van der Waals surface area (Å²) >= 11 is 1.64. The predicted octanol–water partition coefficient (Wildman–Crippen LogP) is 3.84. The molecule has 5 heterocycles. The highest BCUT2D eigenvalue weighted by atomic mass is 32.1. The van der Waals surface area contributed by atoms with E-state index in [1.54, 1.807) is 33.5 Å². The molecule has 3 atom stereocenters. The number of nitrogens with zero attached hydrogens (tertiary/aromatic N) is 5. The normalized spacial score (nSPS) is 22.3. The Bertz CT molecular complexity index is 1550. The van der Waals surface area contributed by atoms with Gasteiger partial charge in [0.1, 0.15) is 0 Å². The minimum absolute atomic E-state index is 0.144. The number of hydrogen-bond acceptors (Lipinski definition) is 7. The SMILES string of the molecule is C[C@H]1CC[C@H](c2ccc3sc([C@@H]4CCN(C)C(=O)C4)nc3c2)N(C(=O)C(=O)Nc2cncc3cn[nH]c23)C1. The van der Waals surface area contributed by atoms with Gasteiger partial charge in [-0.3, -0.25) is 24.5 Å². The number of nitrogens with one attached hydrogen (secondary N) is 2. The number of thiazole rings is 1. The Kier molecular flexibility index (Phi) is 6.30. The van der Waals surface area contributed by atoms with Crippen molar-refractivity contribution in [2.24, 2.45) is 5.92 Å². The van der Waals surface area contributed by atoms with Crippen LogP contribution < -0.4 is 5.32 Å². The average molecular weight is 532 g/mol. The summed E-state index contributed by atoms with van der Waals surface area (Å²) in [5, 5.41) is 11.3. The summed E-state index contributed by atoms with van der Waals surface area (Å²) < 4.78 is 1.06. The van der Waals surface area contributed by atoms with E-state index in [1.165, 1.54) is 6.20 Å². The number of H-pyrrole nitrogens is 1. The zero-order valence-electron chi connectivity index (χ0n) is 21.3. The molecule has 0 bridgehead atoms. The fourth-order valence-electron chi connectivity index (χ4n) is 5.49. The van der Waals surface area contributed by atoms with Crippen molar-refractivity contribution >= 4 is 55.9 Å². The van der Waals surface area contributed by atoms with Crippen LogP contribution in [0.4, 0.5) is 5.69 Å². The van der Waals surface area contributed by atoms with Crippen molar-refractivity contribution in [1.29, 1.82) is 0 Å². The maximum atomic E-state index is 13.5. The van der Waals surface area contributed by atoms with Gasteiger partial charge in [0.25, 0.3) is 0 Å². The van der Waals surface area contributed by atoms with Crippen LogP contribution in [0.1, 0.15) is 55.1 Å². The number of pyridine rings is 1. The summed E-state index contributed by atoms with van der Waals surface area (Å²) in [5.41, 5.74) is 2.89. The summed E-state index contributed by atoms with van der Waals surface area (Å²) in [5.74, 6) is -0.675. The quantitative estimate of drug-likeness (QED) is 0.387. The molecule has 2 N–H and O–H groups in total. The molecule has 11 heteroatoms. The van der Waals surface area contributed by atoms with Crippen LogP contribution in [0.3, 0.4) is 0 Å². The fraction of sp³-hybridized carbons (Fsp3) is 0.407. The van der Waals surface area contributed by atoms with Gasteiger partial charge >= 0.3 is 11.8 Å². The van der Waals surface area contributed by atoms with E-state index in [4.69, 9.17) is 4.98 Å². The van der Waals surface area contributed by atoms with E-state index in [1.807, 2.05) is 25.2 Å². The summed E-state index contributed by atoms with van der Waals surface area (Å²) in [6.07, 6.45) is 7.90. The molecule has 0 spiro atoms. The van der Waals surface area contributed by atoms with E-state index >= 15 is 0 Å². The van der Waals surface area contributed by atoms with Crippen LogP contribution in [0.25, 0.3) is 21.1 Å². The van der Waals surface area contributed by atoms with Crippen LogP contribution in [0.15, 0.2) is 36.8 Å². The first-order valence-electron chi connectivity index (χ1n) is 12.9. The Morgan fingerprint density at radius 3 is 2.87 bits per heavy atom. The molecule has 1 aromatic carbocycles. The number of aromatic nitrogens is 4. The molecule has 4 aromatic rings. The lowest BCUT2D eigenvalue weighted by Gasteiger charge is -2.38. The van der Waals surface area contributed by atoms with E-state index in [0.29, 0.717) is 24.2 Å². The largest absolute Gasteiger partial charge is 0.346 e. The van der Waals surface area contributed by atoms with Gasteiger partial charge in [0.15, 0.2) is 0 Å². The molecule has 10 nitrogen and oxygen atoms in total. The Labute approximate surface area is 223 Å². The van der Waals surface area contributed by atoms with Gasteiger partial charge in [-0.2, -0.15) is 5.10 Å². The molecule has 2 aliphatic heterocycles. The molecule has 196 valence electrons. The number of carbonyl (C=O) groups is 3. The number of amides is 3. The number of benzene rings is 1. The zero-order valence-corrected chi connectivity index (χ0v) is 22.1. The van der Waals surface area contributed by atoms with Gasteiger partial charge in [-0.25, -0.2) is 4.98 Å². The smallest absolute Gasteiger partial charge is 0.314 e. The van der Waals surface area contributed by atoms with Crippen molar-refractivity contribution in [3.05, 3.63) is 47.4 Å². The van der Waals surface area contributed by atoms with Crippen LogP contribution in [0, 0.1) is 5.92 Å². The second-order valence-electron chi connectivity index (χ2n) is 10.4. The Balaban J connectivity index is 1.24. The van der Waals surface area contributed by atoms with Gasteiger partial charge in [0.2, 0.25) is 5.91 Å². The zero-order chi connectivity index (χ0) is 26.4. The van der Waals surface area contributed by atoms with Crippen molar-refractivity contribution < 1.29 is 14.4 Å². The predicted molar refractivity (Wildman–Crippen MR) is 145 cm³/mol. The number of carbonyl (C=O) groups excluding carboxylic acids is 3. The summed E-state index contributed by atoms with van der Waals surface area (Å²) in [6, 6.07) is 5.91. The molecule has 6 rings (SSSR count). The van der Waals surface area contributed by atoms with Crippen molar-refractivity contribution in [3.63, 3.8) is 0 Å². The van der Waals surface area contributed by atoms with Crippen LogP contribution in [0.2, 0.25) is 0 Å². The van der Waals surface area contributed by atoms with Gasteiger partial charge in [0.05, 0.1) is 44.9 Å². The third-order valence-electron chi connectivity index (χ3n) is 7.70. The monoisotopic (exact) mass is 531 g/mol. The molecular formula is C27H29N7O3S. The molecular weight excluding hydrogens is 502 g/mol. The van der Waals surface area contributed by atoms with Gasteiger partial charge in [-0.15, -0.1) is 11.3 Å². The maximum Gasteiger partial charge on any atom is 0.314 e. The van der Waals surface area contributed by atoms with Gasteiger partial charge in [0, 0.05) is 44.1 Å². The first kappa shape index (κ1) is 24.5.